The van der Waals surface area contributed by atoms with Crippen molar-refractivity contribution in [3.8, 4) is 6.07 Å². The van der Waals surface area contributed by atoms with E-state index in [0.717, 1.165) is 6.07 Å². The third kappa shape index (κ3) is 4.92. The summed E-state index contributed by atoms with van der Waals surface area (Å²) in [4.78, 5) is 37.7. The number of carbonyl (C=O) groups is 3. The third-order valence-corrected chi connectivity index (χ3v) is 5.45. The van der Waals surface area contributed by atoms with E-state index in [9.17, 15) is 18.8 Å². The molecule has 2 aromatic rings. The molecule has 2 amide bonds. The van der Waals surface area contributed by atoms with E-state index in [-0.39, 0.29) is 31.6 Å². The number of amides is 2. The van der Waals surface area contributed by atoms with Gasteiger partial charge in [0.2, 0.25) is 0 Å². The number of benzene rings is 1. The van der Waals surface area contributed by atoms with Crippen molar-refractivity contribution in [3.63, 3.8) is 0 Å². The van der Waals surface area contributed by atoms with Gasteiger partial charge in [0.1, 0.15) is 17.6 Å². The number of carbonyl (C=O) groups excluding carboxylic acids is 3. The number of Topliss-reactive ketones (excluding diaryl/α,β-unsaturated/α-hetero) is 1. The van der Waals surface area contributed by atoms with E-state index in [2.05, 4.69) is 42.5 Å². The van der Waals surface area contributed by atoms with Crippen molar-refractivity contribution < 1.29 is 18.8 Å². The molecule has 2 N–H and O–H groups in total. The number of nitrogens with one attached hydrogen (secondary N) is 2. The number of halogens is 3. The minimum absolute atomic E-state index is 0.0133. The summed E-state index contributed by atoms with van der Waals surface area (Å²) in [6.07, 6.45) is 0. The molecular formula is C19H17Br2FN4O3. The predicted octanol–water partition coefficient (Wildman–Crippen LogP) is 3.91. The maximum Gasteiger partial charge on any atom is 0.294 e. The molecule has 0 bridgehead atoms. The van der Waals surface area contributed by atoms with E-state index in [1.165, 1.54) is 23.7 Å². The topological polar surface area (TPSA) is 104 Å². The van der Waals surface area contributed by atoms with Crippen molar-refractivity contribution in [1.82, 2.24) is 9.88 Å². The van der Waals surface area contributed by atoms with Crippen LogP contribution in [0.4, 0.5) is 10.1 Å². The highest BCUT2D eigenvalue weighted by atomic mass is 79.9. The van der Waals surface area contributed by atoms with Crippen molar-refractivity contribution in [1.29, 1.82) is 5.26 Å². The zero-order valence-electron chi connectivity index (χ0n) is 16.0. The fraction of sp³-hybridized carbons (Fsp3) is 0.263. The fourth-order valence-corrected chi connectivity index (χ4v) is 4.09. The second-order valence-corrected chi connectivity index (χ2v) is 8.73. The normalized spacial score (nSPS) is 11.0. The molecule has 152 valence electrons. The van der Waals surface area contributed by atoms with E-state index in [1.807, 2.05) is 0 Å². The summed E-state index contributed by atoms with van der Waals surface area (Å²) in [5.74, 6) is -2.95. The number of nitriles is 1. The third-order valence-electron chi connectivity index (χ3n) is 3.75. The van der Waals surface area contributed by atoms with Gasteiger partial charge in [-0.2, -0.15) is 5.26 Å². The molecule has 1 aromatic carbocycles. The van der Waals surface area contributed by atoms with Crippen LogP contribution in [0.25, 0.3) is 0 Å². The van der Waals surface area contributed by atoms with E-state index in [1.54, 1.807) is 26.8 Å². The van der Waals surface area contributed by atoms with Gasteiger partial charge in [-0.1, -0.05) is 0 Å². The zero-order valence-corrected chi connectivity index (χ0v) is 19.2. The molecule has 0 spiro atoms. The number of aromatic nitrogens is 1. The summed E-state index contributed by atoms with van der Waals surface area (Å²) < 4.78 is 15.2. The molecule has 29 heavy (non-hydrogen) atoms. The summed E-state index contributed by atoms with van der Waals surface area (Å²) in [6, 6.07) is 5.26. The molecule has 0 aliphatic carbocycles. The Bertz CT molecular complexity index is 1060. The van der Waals surface area contributed by atoms with Crippen LogP contribution < -0.4 is 10.6 Å². The molecule has 0 aliphatic rings. The summed E-state index contributed by atoms with van der Waals surface area (Å²) in [5, 5.41) is 14.0. The molecule has 0 radical (unpaired) electrons. The van der Waals surface area contributed by atoms with Crippen LogP contribution in [0.3, 0.4) is 0 Å². The van der Waals surface area contributed by atoms with Gasteiger partial charge in [-0.3, -0.25) is 14.4 Å². The average Bonchev–Trinajstić information content (AvgIpc) is 2.83. The summed E-state index contributed by atoms with van der Waals surface area (Å²) >= 11 is 6.49. The number of hydrogen-bond donors (Lipinski definition) is 2. The predicted molar refractivity (Wildman–Crippen MR) is 112 cm³/mol. The first-order valence-corrected chi connectivity index (χ1v) is 9.87. The molecular weight excluding hydrogens is 511 g/mol. The Labute approximate surface area is 183 Å². The second kappa shape index (κ2) is 8.47. The van der Waals surface area contributed by atoms with Gasteiger partial charge in [0.25, 0.3) is 17.6 Å². The highest BCUT2D eigenvalue weighted by Crippen LogP contribution is 2.33. The Morgan fingerprint density at radius 1 is 1.21 bits per heavy atom. The van der Waals surface area contributed by atoms with Crippen LogP contribution in [0, 0.1) is 17.1 Å². The van der Waals surface area contributed by atoms with Crippen LogP contribution in [-0.4, -0.2) is 27.7 Å². The first kappa shape index (κ1) is 22.8. The van der Waals surface area contributed by atoms with Crippen molar-refractivity contribution in [2.45, 2.75) is 26.3 Å². The van der Waals surface area contributed by atoms with Crippen molar-refractivity contribution in [2.24, 2.45) is 7.05 Å². The van der Waals surface area contributed by atoms with Crippen molar-refractivity contribution in [3.05, 3.63) is 49.9 Å². The van der Waals surface area contributed by atoms with Crippen molar-refractivity contribution in [2.75, 3.05) is 5.32 Å². The highest BCUT2D eigenvalue weighted by molar-refractivity contribution is 9.11. The lowest BCUT2D eigenvalue weighted by atomic mass is 10.1. The quantitative estimate of drug-likeness (QED) is 0.464. The molecule has 0 fully saturated rings. The van der Waals surface area contributed by atoms with Gasteiger partial charge in [-0.05, 0) is 70.8 Å². The number of rotatable bonds is 4. The average molecular weight is 528 g/mol. The van der Waals surface area contributed by atoms with Crippen LogP contribution in [0.1, 0.15) is 47.2 Å². The lowest BCUT2D eigenvalue weighted by molar-refractivity contribution is -0.118. The lowest BCUT2D eigenvalue weighted by Crippen LogP contribution is -2.44. The number of anilines is 1. The summed E-state index contributed by atoms with van der Waals surface area (Å²) in [5.41, 5.74) is -0.566. The Balaban J connectivity index is 2.39. The molecule has 1 heterocycles. The Morgan fingerprint density at radius 3 is 2.38 bits per heavy atom. The smallest absolute Gasteiger partial charge is 0.294 e. The largest absolute Gasteiger partial charge is 0.345 e. The second-order valence-electron chi connectivity index (χ2n) is 7.18. The first-order valence-electron chi connectivity index (χ1n) is 8.29. The van der Waals surface area contributed by atoms with E-state index in [4.69, 9.17) is 5.26 Å². The Kier molecular flexibility index (Phi) is 6.65. The molecule has 0 aliphatic heterocycles. The summed E-state index contributed by atoms with van der Waals surface area (Å²) in [7, 11) is 1.52. The highest BCUT2D eigenvalue weighted by Gasteiger charge is 2.31. The Morgan fingerprint density at radius 2 is 1.83 bits per heavy atom. The minimum atomic E-state index is -0.817. The molecule has 1 aromatic heterocycles. The van der Waals surface area contributed by atoms with Crippen LogP contribution in [0.2, 0.25) is 0 Å². The first-order chi connectivity index (χ1) is 13.4. The van der Waals surface area contributed by atoms with Gasteiger partial charge in [-0.15, -0.1) is 0 Å². The van der Waals surface area contributed by atoms with Gasteiger partial charge in [0.05, 0.1) is 20.2 Å². The van der Waals surface area contributed by atoms with Gasteiger partial charge < -0.3 is 15.2 Å². The fourth-order valence-electron chi connectivity index (χ4n) is 2.45. The molecule has 0 atom stereocenters. The van der Waals surface area contributed by atoms with Gasteiger partial charge in [0, 0.05) is 18.3 Å². The molecule has 7 nitrogen and oxygen atoms in total. The molecule has 10 heteroatoms. The number of nitrogens with zero attached hydrogens (tertiary/aromatic N) is 2. The molecule has 0 unspecified atom stereocenters. The Hall–Kier alpha value is -2.51. The zero-order chi connectivity index (χ0) is 22.1. The number of hydrogen-bond acceptors (Lipinski definition) is 4. The lowest BCUT2D eigenvalue weighted by Gasteiger charge is -2.19. The van der Waals surface area contributed by atoms with Gasteiger partial charge in [-0.25, -0.2) is 4.39 Å². The summed E-state index contributed by atoms with van der Waals surface area (Å²) in [6.45, 7) is 5.22. The SMILES string of the molecule is Cn1c(Br)c(C(=O)Nc2ccc(F)c(C#N)c2)c(Br)c1C(=O)C(=O)NC(C)(C)C. The van der Waals surface area contributed by atoms with E-state index < -0.39 is 29.0 Å². The van der Waals surface area contributed by atoms with Crippen molar-refractivity contribution >= 4 is 55.1 Å². The maximum absolute atomic E-state index is 13.5. The number of ketones is 1. The molecule has 0 saturated heterocycles. The van der Waals surface area contributed by atoms with Crippen LogP contribution in [0.5, 0.6) is 0 Å². The molecule has 0 saturated carbocycles. The minimum Gasteiger partial charge on any atom is -0.345 e. The maximum atomic E-state index is 13.5. The van der Waals surface area contributed by atoms with E-state index >= 15 is 0 Å². The van der Waals surface area contributed by atoms with Crippen LogP contribution in [0.15, 0.2) is 27.3 Å². The van der Waals surface area contributed by atoms with Gasteiger partial charge in [0.15, 0.2) is 0 Å². The van der Waals surface area contributed by atoms with Gasteiger partial charge >= 0.3 is 0 Å². The van der Waals surface area contributed by atoms with E-state index in [0.29, 0.717) is 0 Å². The van der Waals surface area contributed by atoms with Crippen LogP contribution >= 0.6 is 31.9 Å². The monoisotopic (exact) mass is 526 g/mol. The standard InChI is InChI=1S/C19H17Br2FN4O3/c1-19(2,3)25-18(29)15(27)14-13(20)12(16(21)26(14)4)17(28)24-10-5-6-11(22)9(7-10)8-23/h5-7H,1-4H3,(H,24,28)(H,25,29). The van der Waals surface area contributed by atoms with Crippen LogP contribution in [-0.2, 0) is 11.8 Å². The molecule has 2 rings (SSSR count).